The molecule has 0 aliphatic rings. The zero-order chi connectivity index (χ0) is 15.3. The molecule has 4 nitrogen and oxygen atoms in total. The number of carbonyl (C=O) groups is 1. The van der Waals surface area contributed by atoms with E-state index in [9.17, 15) is 4.79 Å². The summed E-state index contributed by atoms with van der Waals surface area (Å²) in [6.07, 6.45) is 1.74. The van der Waals surface area contributed by atoms with Crippen LogP contribution in [0.1, 0.15) is 57.1 Å². The van der Waals surface area contributed by atoms with Crippen LogP contribution in [0.4, 0.5) is 5.82 Å². The highest BCUT2D eigenvalue weighted by Gasteiger charge is 2.26. The second kappa shape index (κ2) is 6.73. The van der Waals surface area contributed by atoms with Gasteiger partial charge in [0.25, 0.3) is 5.91 Å². The highest BCUT2D eigenvalue weighted by atomic mass is 16.2. The van der Waals surface area contributed by atoms with Gasteiger partial charge in [-0.05, 0) is 45.7 Å². The fraction of sp³-hybridized carbons (Fsp3) is 0.625. The van der Waals surface area contributed by atoms with Gasteiger partial charge in [-0.1, -0.05) is 13.8 Å². The largest absolute Gasteiger partial charge is 0.370 e. The first-order chi connectivity index (χ1) is 9.35. The van der Waals surface area contributed by atoms with Crippen molar-refractivity contribution in [3.8, 4) is 0 Å². The highest BCUT2D eigenvalue weighted by Crippen LogP contribution is 2.21. The van der Waals surface area contributed by atoms with Crippen molar-refractivity contribution in [2.45, 2.75) is 53.0 Å². The molecule has 0 saturated carbocycles. The molecule has 1 N–H and O–H groups in total. The van der Waals surface area contributed by atoms with Crippen LogP contribution < -0.4 is 5.32 Å². The zero-order valence-corrected chi connectivity index (χ0v) is 13.6. The van der Waals surface area contributed by atoms with Gasteiger partial charge in [-0.25, -0.2) is 4.98 Å². The molecule has 112 valence electrons. The van der Waals surface area contributed by atoms with Crippen molar-refractivity contribution in [3.05, 3.63) is 23.4 Å². The normalized spacial score (nSPS) is 11.3. The molecule has 1 aromatic rings. The van der Waals surface area contributed by atoms with Gasteiger partial charge in [0.05, 0.1) is 0 Å². The van der Waals surface area contributed by atoms with Gasteiger partial charge >= 0.3 is 0 Å². The minimum atomic E-state index is -0.148. The Morgan fingerprint density at radius 1 is 1.30 bits per heavy atom. The summed E-state index contributed by atoms with van der Waals surface area (Å²) in [6.45, 7) is 11.1. The van der Waals surface area contributed by atoms with E-state index in [0.29, 0.717) is 5.56 Å². The minimum absolute atomic E-state index is 0.0492. The number of pyridine rings is 1. The van der Waals surface area contributed by atoms with Crippen LogP contribution in [0.5, 0.6) is 0 Å². The number of nitrogens with one attached hydrogen (secondary N) is 1. The third-order valence-corrected chi connectivity index (χ3v) is 3.92. The summed E-state index contributed by atoms with van der Waals surface area (Å²) in [4.78, 5) is 18.9. The predicted molar refractivity (Wildman–Crippen MR) is 84.2 cm³/mol. The summed E-state index contributed by atoms with van der Waals surface area (Å²) in [5.41, 5.74) is 1.50. The Morgan fingerprint density at radius 3 is 2.45 bits per heavy atom. The fourth-order valence-corrected chi connectivity index (χ4v) is 1.87. The van der Waals surface area contributed by atoms with Crippen molar-refractivity contribution >= 4 is 11.7 Å². The van der Waals surface area contributed by atoms with Crippen molar-refractivity contribution in [1.29, 1.82) is 0 Å². The molecule has 0 radical (unpaired) electrons. The minimum Gasteiger partial charge on any atom is -0.370 e. The van der Waals surface area contributed by atoms with Crippen LogP contribution in [0.25, 0.3) is 0 Å². The molecule has 0 atom stereocenters. The van der Waals surface area contributed by atoms with E-state index in [-0.39, 0.29) is 11.4 Å². The van der Waals surface area contributed by atoms with Crippen molar-refractivity contribution < 1.29 is 4.79 Å². The number of rotatable bonds is 6. The maximum atomic E-state index is 12.6. The first-order valence-electron chi connectivity index (χ1n) is 7.38. The molecule has 20 heavy (non-hydrogen) atoms. The van der Waals surface area contributed by atoms with Gasteiger partial charge in [0.15, 0.2) is 0 Å². The molecular formula is C16H27N3O. The lowest BCUT2D eigenvalue weighted by atomic mass is 9.99. The number of hydrogen-bond acceptors (Lipinski definition) is 3. The van der Waals surface area contributed by atoms with E-state index in [1.165, 1.54) is 0 Å². The number of carbonyl (C=O) groups excluding carboxylic acids is 1. The van der Waals surface area contributed by atoms with E-state index in [4.69, 9.17) is 0 Å². The lowest BCUT2D eigenvalue weighted by Gasteiger charge is -2.35. The zero-order valence-electron chi connectivity index (χ0n) is 13.6. The van der Waals surface area contributed by atoms with E-state index in [1.807, 2.05) is 37.9 Å². The molecular weight excluding hydrogens is 250 g/mol. The summed E-state index contributed by atoms with van der Waals surface area (Å²) < 4.78 is 0. The number of amides is 1. The van der Waals surface area contributed by atoms with Gasteiger partial charge < -0.3 is 10.2 Å². The topological polar surface area (TPSA) is 45.2 Å². The number of hydrogen-bond donors (Lipinski definition) is 1. The van der Waals surface area contributed by atoms with Crippen LogP contribution in [0.15, 0.2) is 12.1 Å². The first-order valence-corrected chi connectivity index (χ1v) is 7.38. The van der Waals surface area contributed by atoms with E-state index in [2.05, 4.69) is 31.1 Å². The first kappa shape index (κ1) is 16.5. The van der Waals surface area contributed by atoms with Gasteiger partial charge in [-0.3, -0.25) is 4.79 Å². The van der Waals surface area contributed by atoms with Gasteiger partial charge in [-0.15, -0.1) is 0 Å². The van der Waals surface area contributed by atoms with E-state index < -0.39 is 0 Å². The Balaban J connectivity index is 3.11. The summed E-state index contributed by atoms with van der Waals surface area (Å²) in [7, 11) is 1.87. The Bertz CT molecular complexity index is 469. The smallest absolute Gasteiger partial charge is 0.254 e. The van der Waals surface area contributed by atoms with E-state index in [0.717, 1.165) is 30.9 Å². The quantitative estimate of drug-likeness (QED) is 0.867. The molecule has 0 fully saturated rings. The lowest BCUT2D eigenvalue weighted by Crippen LogP contribution is -2.44. The Morgan fingerprint density at radius 2 is 1.95 bits per heavy atom. The molecule has 0 aliphatic heterocycles. The SMILES string of the molecule is CCNc1cc(C(=O)N(C)C(C)(C)CC)cc(CC)n1. The van der Waals surface area contributed by atoms with Crippen LogP contribution in [-0.2, 0) is 6.42 Å². The molecule has 1 amide bonds. The molecule has 0 saturated heterocycles. The summed E-state index contributed by atoms with van der Waals surface area (Å²) in [5, 5.41) is 3.19. The monoisotopic (exact) mass is 277 g/mol. The summed E-state index contributed by atoms with van der Waals surface area (Å²) in [6, 6.07) is 3.73. The molecule has 0 spiro atoms. The van der Waals surface area contributed by atoms with E-state index in [1.54, 1.807) is 0 Å². The van der Waals surface area contributed by atoms with E-state index >= 15 is 0 Å². The molecule has 1 aromatic heterocycles. The number of anilines is 1. The van der Waals surface area contributed by atoms with Gasteiger partial charge in [0.2, 0.25) is 0 Å². The van der Waals surface area contributed by atoms with Gasteiger partial charge in [-0.2, -0.15) is 0 Å². The third-order valence-electron chi connectivity index (χ3n) is 3.92. The van der Waals surface area contributed by atoms with Crippen molar-refractivity contribution in [3.63, 3.8) is 0 Å². The summed E-state index contributed by atoms with van der Waals surface area (Å²) >= 11 is 0. The molecule has 0 unspecified atom stereocenters. The Labute approximate surface area is 122 Å². The molecule has 0 aromatic carbocycles. The van der Waals surface area contributed by atoms with Gasteiger partial charge in [0, 0.05) is 30.4 Å². The Hall–Kier alpha value is -1.58. The lowest BCUT2D eigenvalue weighted by molar-refractivity contribution is 0.0620. The second-order valence-corrected chi connectivity index (χ2v) is 5.65. The number of aryl methyl sites for hydroxylation is 1. The number of aromatic nitrogens is 1. The summed E-state index contributed by atoms with van der Waals surface area (Å²) in [5.74, 6) is 0.825. The molecule has 0 bridgehead atoms. The average molecular weight is 277 g/mol. The Kier molecular flexibility index (Phi) is 5.54. The van der Waals surface area contributed by atoms with Crippen LogP contribution in [0, 0.1) is 0 Å². The van der Waals surface area contributed by atoms with Crippen LogP contribution in [-0.4, -0.2) is 34.9 Å². The standard InChI is InChI=1S/C16H27N3O/c1-7-13-10-12(11-14(18-13)17-9-3)15(20)19(6)16(4,5)8-2/h10-11H,7-9H2,1-6H3,(H,17,18). The average Bonchev–Trinajstić information content (AvgIpc) is 2.45. The molecule has 0 aliphatic carbocycles. The predicted octanol–water partition coefficient (Wildman–Crippen LogP) is 3.34. The van der Waals surface area contributed by atoms with Crippen molar-refractivity contribution in [1.82, 2.24) is 9.88 Å². The fourth-order valence-electron chi connectivity index (χ4n) is 1.87. The number of nitrogens with zero attached hydrogens (tertiary/aromatic N) is 2. The van der Waals surface area contributed by atoms with Crippen LogP contribution >= 0.6 is 0 Å². The second-order valence-electron chi connectivity index (χ2n) is 5.65. The maximum absolute atomic E-state index is 12.6. The van der Waals surface area contributed by atoms with Crippen LogP contribution in [0.2, 0.25) is 0 Å². The molecule has 4 heteroatoms. The van der Waals surface area contributed by atoms with Crippen LogP contribution in [0.3, 0.4) is 0 Å². The maximum Gasteiger partial charge on any atom is 0.254 e. The van der Waals surface area contributed by atoms with Gasteiger partial charge in [0.1, 0.15) is 5.82 Å². The third kappa shape index (κ3) is 3.71. The van der Waals surface area contributed by atoms with Crippen molar-refractivity contribution in [2.24, 2.45) is 0 Å². The molecule has 1 heterocycles. The highest BCUT2D eigenvalue weighted by molar-refractivity contribution is 5.95. The van der Waals surface area contributed by atoms with Crippen molar-refractivity contribution in [2.75, 3.05) is 18.9 Å². The molecule has 1 rings (SSSR count).